The van der Waals surface area contributed by atoms with E-state index in [1.54, 1.807) is 29.6 Å². The Labute approximate surface area is 192 Å². The summed E-state index contributed by atoms with van der Waals surface area (Å²) in [5, 5.41) is 5.51. The number of piperazine rings is 1. The Morgan fingerprint density at radius 1 is 0.909 bits per heavy atom. The van der Waals surface area contributed by atoms with Crippen LogP contribution in [0.3, 0.4) is 0 Å². The Hall–Kier alpha value is -3.15. The SMILES string of the molecule is O=S(=O)(c1cc(-c2nc(-c3cccc(F)c3)no2)cs1)N1CCN(c2ccc(F)cc2)CC1. The lowest BCUT2D eigenvalue weighted by atomic mass is 10.2. The summed E-state index contributed by atoms with van der Waals surface area (Å²) < 4.78 is 59.8. The van der Waals surface area contributed by atoms with Gasteiger partial charge in [0.05, 0.1) is 5.56 Å². The van der Waals surface area contributed by atoms with Gasteiger partial charge in [-0.2, -0.15) is 9.29 Å². The quantitative estimate of drug-likeness (QED) is 0.418. The first kappa shape index (κ1) is 21.7. The molecule has 0 bridgehead atoms. The van der Waals surface area contributed by atoms with Gasteiger partial charge in [-0.15, -0.1) is 11.3 Å². The fraction of sp³-hybridized carbons (Fsp3) is 0.182. The predicted molar refractivity (Wildman–Crippen MR) is 120 cm³/mol. The van der Waals surface area contributed by atoms with Gasteiger partial charge in [0.15, 0.2) is 0 Å². The fourth-order valence-electron chi connectivity index (χ4n) is 3.62. The van der Waals surface area contributed by atoms with Crippen molar-refractivity contribution in [3.05, 3.63) is 71.6 Å². The van der Waals surface area contributed by atoms with Crippen molar-refractivity contribution in [1.82, 2.24) is 14.4 Å². The third-order valence-electron chi connectivity index (χ3n) is 5.36. The van der Waals surface area contributed by atoms with E-state index in [1.165, 1.54) is 34.6 Å². The third kappa shape index (κ3) is 4.39. The lowest BCUT2D eigenvalue weighted by molar-refractivity contribution is 0.386. The third-order valence-corrected chi connectivity index (χ3v) is 8.67. The van der Waals surface area contributed by atoms with E-state index in [4.69, 9.17) is 4.52 Å². The number of halogens is 2. The first-order valence-corrected chi connectivity index (χ1v) is 12.4. The number of benzene rings is 2. The Balaban J connectivity index is 1.30. The van der Waals surface area contributed by atoms with Crippen molar-refractivity contribution in [2.75, 3.05) is 31.1 Å². The first-order chi connectivity index (χ1) is 15.9. The molecule has 0 spiro atoms. The number of aromatic nitrogens is 2. The van der Waals surface area contributed by atoms with Crippen LogP contribution in [-0.4, -0.2) is 49.0 Å². The highest BCUT2D eigenvalue weighted by molar-refractivity contribution is 7.91. The van der Waals surface area contributed by atoms with Crippen molar-refractivity contribution in [2.45, 2.75) is 4.21 Å². The van der Waals surface area contributed by atoms with Gasteiger partial charge in [-0.05, 0) is 42.5 Å². The molecule has 7 nitrogen and oxygen atoms in total. The van der Waals surface area contributed by atoms with E-state index in [0.29, 0.717) is 37.3 Å². The Kier molecular flexibility index (Phi) is 5.69. The maximum atomic E-state index is 13.5. The number of thiophene rings is 1. The maximum absolute atomic E-state index is 13.5. The van der Waals surface area contributed by atoms with Crippen molar-refractivity contribution < 1.29 is 21.7 Å². The molecule has 0 saturated carbocycles. The van der Waals surface area contributed by atoms with Crippen LogP contribution in [0.4, 0.5) is 14.5 Å². The van der Waals surface area contributed by atoms with Gasteiger partial charge in [-0.1, -0.05) is 17.3 Å². The van der Waals surface area contributed by atoms with Crippen LogP contribution in [0.25, 0.3) is 22.8 Å². The molecule has 5 rings (SSSR count). The highest BCUT2D eigenvalue weighted by Crippen LogP contribution is 2.31. The number of hydrogen-bond acceptors (Lipinski definition) is 7. The van der Waals surface area contributed by atoms with Crippen LogP contribution < -0.4 is 4.90 Å². The van der Waals surface area contributed by atoms with E-state index in [-0.39, 0.29) is 21.7 Å². The molecular formula is C22H18F2N4O3S2. The molecule has 0 N–H and O–H groups in total. The van der Waals surface area contributed by atoms with Gasteiger partial charge in [0.1, 0.15) is 15.8 Å². The summed E-state index contributed by atoms with van der Waals surface area (Å²) in [6, 6.07) is 13.5. The van der Waals surface area contributed by atoms with Crippen LogP contribution in [0.2, 0.25) is 0 Å². The van der Waals surface area contributed by atoms with Crippen LogP contribution in [0, 0.1) is 11.6 Å². The second kappa shape index (κ2) is 8.65. The summed E-state index contributed by atoms with van der Waals surface area (Å²) in [6.45, 7) is 1.64. The molecule has 2 aromatic carbocycles. The van der Waals surface area contributed by atoms with Gasteiger partial charge in [-0.3, -0.25) is 0 Å². The zero-order chi connectivity index (χ0) is 23.0. The van der Waals surface area contributed by atoms with Crippen LogP contribution in [0.15, 0.2) is 68.7 Å². The highest BCUT2D eigenvalue weighted by Gasteiger charge is 2.30. The lowest BCUT2D eigenvalue weighted by Gasteiger charge is -2.35. The van der Waals surface area contributed by atoms with E-state index in [9.17, 15) is 17.2 Å². The standard InChI is InChI=1S/C22H18F2N4O3S2/c23-17-4-6-19(7-5-17)27-8-10-28(11-9-27)33(29,30)20-13-16(14-32-20)22-25-21(26-31-22)15-2-1-3-18(24)12-15/h1-7,12-14H,8-11H2. The molecule has 11 heteroatoms. The molecule has 0 unspecified atom stereocenters. The number of rotatable bonds is 5. The van der Waals surface area contributed by atoms with E-state index >= 15 is 0 Å². The number of sulfonamides is 1. The summed E-state index contributed by atoms with van der Waals surface area (Å²) in [4.78, 5) is 6.30. The maximum Gasteiger partial charge on any atom is 0.259 e. The van der Waals surface area contributed by atoms with Crippen molar-refractivity contribution in [3.8, 4) is 22.8 Å². The van der Waals surface area contributed by atoms with Gasteiger partial charge in [0.2, 0.25) is 5.82 Å². The summed E-state index contributed by atoms with van der Waals surface area (Å²) in [7, 11) is -3.69. The predicted octanol–water partition coefficient (Wildman–Crippen LogP) is 4.25. The molecule has 3 heterocycles. The molecule has 4 aromatic rings. The van der Waals surface area contributed by atoms with E-state index < -0.39 is 15.8 Å². The number of anilines is 1. The molecule has 1 aliphatic rings. The molecular weight excluding hydrogens is 470 g/mol. The number of hydrogen-bond donors (Lipinski definition) is 0. The summed E-state index contributed by atoms with van der Waals surface area (Å²) in [5.74, 6) is -0.342. The fourth-order valence-corrected chi connectivity index (χ4v) is 6.34. The molecule has 170 valence electrons. The zero-order valence-electron chi connectivity index (χ0n) is 17.2. The van der Waals surface area contributed by atoms with E-state index in [2.05, 4.69) is 10.1 Å². The average molecular weight is 489 g/mol. The van der Waals surface area contributed by atoms with Crippen LogP contribution in [0.5, 0.6) is 0 Å². The van der Waals surface area contributed by atoms with Crippen LogP contribution >= 0.6 is 11.3 Å². The molecule has 0 aliphatic carbocycles. The van der Waals surface area contributed by atoms with Crippen LogP contribution in [0.1, 0.15) is 0 Å². The largest absolute Gasteiger partial charge is 0.369 e. The van der Waals surface area contributed by atoms with Gasteiger partial charge >= 0.3 is 0 Å². The van der Waals surface area contributed by atoms with Crippen molar-refractivity contribution in [3.63, 3.8) is 0 Å². The average Bonchev–Trinajstić information content (AvgIpc) is 3.50. The molecule has 1 fully saturated rings. The minimum Gasteiger partial charge on any atom is -0.369 e. The smallest absolute Gasteiger partial charge is 0.259 e. The second-order valence-electron chi connectivity index (χ2n) is 7.46. The monoisotopic (exact) mass is 488 g/mol. The Morgan fingerprint density at radius 3 is 2.39 bits per heavy atom. The van der Waals surface area contributed by atoms with Crippen molar-refractivity contribution in [1.29, 1.82) is 0 Å². The number of nitrogens with zero attached hydrogens (tertiary/aromatic N) is 4. The van der Waals surface area contributed by atoms with E-state index in [0.717, 1.165) is 17.0 Å². The molecule has 0 atom stereocenters. The summed E-state index contributed by atoms with van der Waals surface area (Å²) in [5.41, 5.74) is 1.81. The second-order valence-corrected chi connectivity index (χ2v) is 10.5. The van der Waals surface area contributed by atoms with E-state index in [1.807, 2.05) is 4.90 Å². The molecule has 0 amide bonds. The minimum atomic E-state index is -3.69. The molecule has 1 saturated heterocycles. The lowest BCUT2D eigenvalue weighted by Crippen LogP contribution is -2.48. The van der Waals surface area contributed by atoms with Crippen molar-refractivity contribution in [2.24, 2.45) is 0 Å². The molecule has 33 heavy (non-hydrogen) atoms. The molecule has 0 radical (unpaired) electrons. The van der Waals surface area contributed by atoms with Gasteiger partial charge < -0.3 is 9.42 Å². The topological polar surface area (TPSA) is 79.5 Å². The Bertz CT molecular complexity index is 1380. The van der Waals surface area contributed by atoms with Gasteiger partial charge in [0, 0.05) is 42.8 Å². The molecule has 1 aliphatic heterocycles. The summed E-state index contributed by atoms with van der Waals surface area (Å²) >= 11 is 1.08. The highest BCUT2D eigenvalue weighted by atomic mass is 32.2. The van der Waals surface area contributed by atoms with Gasteiger partial charge in [-0.25, -0.2) is 17.2 Å². The normalized spacial score (nSPS) is 15.2. The Morgan fingerprint density at radius 2 is 1.67 bits per heavy atom. The van der Waals surface area contributed by atoms with Crippen molar-refractivity contribution >= 4 is 27.0 Å². The zero-order valence-corrected chi connectivity index (χ0v) is 18.8. The van der Waals surface area contributed by atoms with Gasteiger partial charge in [0.25, 0.3) is 15.9 Å². The summed E-state index contributed by atoms with van der Waals surface area (Å²) in [6.07, 6.45) is 0. The molecule has 2 aromatic heterocycles. The first-order valence-electron chi connectivity index (χ1n) is 10.1. The van der Waals surface area contributed by atoms with Crippen LogP contribution in [-0.2, 0) is 10.0 Å². The minimum absolute atomic E-state index is 0.160.